The summed E-state index contributed by atoms with van der Waals surface area (Å²) in [6, 6.07) is 32.9. The van der Waals surface area contributed by atoms with Crippen LogP contribution < -0.4 is 18.9 Å². The van der Waals surface area contributed by atoms with Gasteiger partial charge in [0.2, 0.25) is 0 Å². The third-order valence-corrected chi connectivity index (χ3v) is 11.6. The zero-order chi connectivity index (χ0) is 33.9. The van der Waals surface area contributed by atoms with Crippen molar-refractivity contribution in [3.05, 3.63) is 115 Å². The lowest BCUT2D eigenvalue weighted by Crippen LogP contribution is -2.23. The van der Waals surface area contributed by atoms with Crippen molar-refractivity contribution in [1.29, 1.82) is 0 Å². The maximum atomic E-state index is 6.42. The molecule has 0 saturated heterocycles. The Labute approximate surface area is 315 Å². The highest BCUT2D eigenvalue weighted by atomic mass is 79.9. The van der Waals surface area contributed by atoms with Crippen molar-refractivity contribution in [3.8, 4) is 23.0 Å². The van der Waals surface area contributed by atoms with E-state index in [0.717, 1.165) is 75.3 Å². The first-order valence-electron chi connectivity index (χ1n) is 16.0. The molecule has 0 aliphatic carbocycles. The van der Waals surface area contributed by atoms with Gasteiger partial charge in [0.05, 0.1) is 42.3 Å². The summed E-state index contributed by atoms with van der Waals surface area (Å²) in [7, 11) is 0. The first-order chi connectivity index (χ1) is 23.1. The van der Waals surface area contributed by atoms with Crippen LogP contribution in [0.3, 0.4) is 0 Å². The van der Waals surface area contributed by atoms with E-state index in [4.69, 9.17) is 18.9 Å². The summed E-state index contributed by atoms with van der Waals surface area (Å²) >= 11 is 15.1. The van der Waals surface area contributed by atoms with E-state index in [2.05, 4.69) is 140 Å². The molecule has 0 heterocycles. The standard InChI is InChI=1S/C40H36Br4O4/c1-23(45-33-17-13-27-9-5-7-11-29(27)37(33)41)21-25(3)47-35-19-15-32-31(39(35)43)16-20-36(40(32)44)48-26(4)22-24(2)46-34-18-14-28-10-6-8-12-30(28)38(34)42/h5-20,23-26H,21-22H2,1-4H3/t23-,24-,25-,26-/m0/s1. The Bertz CT molecular complexity index is 1930. The third-order valence-electron chi connectivity index (χ3n) is 8.29. The van der Waals surface area contributed by atoms with E-state index in [9.17, 15) is 0 Å². The smallest absolute Gasteiger partial charge is 0.134 e. The number of benzene rings is 6. The molecule has 4 atom stereocenters. The summed E-state index contributed by atoms with van der Waals surface area (Å²) in [6.45, 7) is 8.30. The van der Waals surface area contributed by atoms with Crippen LogP contribution in [0.2, 0.25) is 0 Å². The van der Waals surface area contributed by atoms with Gasteiger partial charge >= 0.3 is 0 Å². The molecule has 6 rings (SSSR count). The number of halogens is 4. The van der Waals surface area contributed by atoms with Crippen LogP contribution in [0, 0.1) is 0 Å². The van der Waals surface area contributed by atoms with Gasteiger partial charge in [-0.25, -0.2) is 0 Å². The SMILES string of the molecule is C[C@@H](C[C@H](C)Oc1ccc2c(Br)c(O[C@@H](C)C[C@H](C)Oc3ccc4ccccc4c3Br)ccc2c1Br)Oc1ccc2ccccc2c1Br. The lowest BCUT2D eigenvalue weighted by Gasteiger charge is -2.23. The number of hydrogen-bond donors (Lipinski definition) is 0. The summed E-state index contributed by atoms with van der Waals surface area (Å²) < 4.78 is 29.2. The normalized spacial score (nSPS) is 14.1. The molecule has 0 spiro atoms. The molecular formula is C40H36Br4O4. The van der Waals surface area contributed by atoms with Crippen LogP contribution >= 0.6 is 63.7 Å². The van der Waals surface area contributed by atoms with Crippen LogP contribution in [0.5, 0.6) is 23.0 Å². The fourth-order valence-electron chi connectivity index (χ4n) is 6.08. The van der Waals surface area contributed by atoms with Crippen LogP contribution in [0.15, 0.2) is 115 Å². The molecule has 0 radical (unpaired) electrons. The van der Waals surface area contributed by atoms with Crippen molar-refractivity contribution in [2.75, 3.05) is 0 Å². The van der Waals surface area contributed by atoms with Crippen molar-refractivity contribution in [1.82, 2.24) is 0 Å². The second kappa shape index (κ2) is 15.4. The highest BCUT2D eigenvalue weighted by Crippen LogP contribution is 2.42. The Hall–Kier alpha value is -2.78. The van der Waals surface area contributed by atoms with Gasteiger partial charge in [0, 0.05) is 23.6 Å². The van der Waals surface area contributed by atoms with Crippen molar-refractivity contribution < 1.29 is 18.9 Å². The average Bonchev–Trinajstić information content (AvgIpc) is 3.06. The van der Waals surface area contributed by atoms with Crippen LogP contribution in [0.25, 0.3) is 32.3 Å². The Balaban J connectivity index is 1.07. The molecule has 0 aromatic heterocycles. The van der Waals surface area contributed by atoms with Gasteiger partial charge in [-0.15, -0.1) is 0 Å². The monoisotopic (exact) mass is 896 g/mol. The lowest BCUT2D eigenvalue weighted by atomic mass is 10.1. The van der Waals surface area contributed by atoms with Crippen LogP contribution in [-0.2, 0) is 0 Å². The van der Waals surface area contributed by atoms with Crippen LogP contribution in [0.1, 0.15) is 40.5 Å². The molecule has 0 aliphatic heterocycles. The van der Waals surface area contributed by atoms with Gasteiger partial charge in [0.15, 0.2) is 0 Å². The topological polar surface area (TPSA) is 36.9 Å². The molecule has 0 amide bonds. The minimum Gasteiger partial charge on any atom is -0.489 e. The van der Waals surface area contributed by atoms with E-state index in [1.807, 2.05) is 48.5 Å². The average molecular weight is 900 g/mol. The zero-order valence-corrected chi connectivity index (χ0v) is 33.5. The number of ether oxygens (including phenoxy) is 4. The molecule has 6 aromatic carbocycles. The zero-order valence-electron chi connectivity index (χ0n) is 27.1. The van der Waals surface area contributed by atoms with E-state index in [-0.39, 0.29) is 24.4 Å². The fraction of sp³-hybridized carbons (Fsp3) is 0.250. The first-order valence-corrected chi connectivity index (χ1v) is 19.2. The van der Waals surface area contributed by atoms with E-state index >= 15 is 0 Å². The maximum Gasteiger partial charge on any atom is 0.134 e. The predicted molar refractivity (Wildman–Crippen MR) is 212 cm³/mol. The van der Waals surface area contributed by atoms with Gasteiger partial charge in [-0.3, -0.25) is 0 Å². The summed E-state index contributed by atoms with van der Waals surface area (Å²) in [5, 5.41) is 6.69. The summed E-state index contributed by atoms with van der Waals surface area (Å²) in [5.41, 5.74) is 0. The number of hydrogen-bond acceptors (Lipinski definition) is 4. The second-order valence-corrected chi connectivity index (χ2v) is 15.4. The van der Waals surface area contributed by atoms with Gasteiger partial charge < -0.3 is 18.9 Å². The predicted octanol–water partition coefficient (Wildman–Crippen LogP) is 13.4. The first kappa shape index (κ1) is 35.1. The molecule has 4 nitrogen and oxygen atoms in total. The Morgan fingerprint density at radius 1 is 0.375 bits per heavy atom. The van der Waals surface area contributed by atoms with E-state index in [0.29, 0.717) is 0 Å². The van der Waals surface area contributed by atoms with Crippen LogP contribution in [0.4, 0.5) is 0 Å². The Morgan fingerprint density at radius 3 is 1.02 bits per heavy atom. The quantitative estimate of drug-likeness (QED) is 0.123. The molecule has 0 bridgehead atoms. The molecule has 248 valence electrons. The van der Waals surface area contributed by atoms with Gasteiger partial charge in [-0.05, 0) is 149 Å². The third kappa shape index (κ3) is 7.83. The lowest BCUT2D eigenvalue weighted by molar-refractivity contribution is 0.129. The minimum atomic E-state index is -0.0701. The van der Waals surface area contributed by atoms with Gasteiger partial charge in [-0.1, -0.05) is 60.7 Å². The molecule has 0 N–H and O–H groups in total. The summed E-state index contributed by atoms with van der Waals surface area (Å²) in [4.78, 5) is 0. The van der Waals surface area contributed by atoms with Crippen LogP contribution in [-0.4, -0.2) is 24.4 Å². The van der Waals surface area contributed by atoms with Gasteiger partial charge in [-0.2, -0.15) is 0 Å². The molecule has 6 aromatic rings. The van der Waals surface area contributed by atoms with E-state index in [1.54, 1.807) is 0 Å². The summed E-state index contributed by atoms with van der Waals surface area (Å²) in [5.74, 6) is 3.23. The van der Waals surface area contributed by atoms with Crippen molar-refractivity contribution in [2.45, 2.75) is 65.0 Å². The molecular weight excluding hydrogens is 864 g/mol. The Kier molecular flexibility index (Phi) is 11.3. The number of rotatable bonds is 12. The highest BCUT2D eigenvalue weighted by molar-refractivity contribution is 9.11. The largest absolute Gasteiger partial charge is 0.489 e. The molecule has 48 heavy (non-hydrogen) atoms. The molecule has 0 aliphatic rings. The van der Waals surface area contributed by atoms with E-state index in [1.165, 1.54) is 10.8 Å². The maximum absolute atomic E-state index is 6.42. The van der Waals surface area contributed by atoms with Gasteiger partial charge in [0.1, 0.15) is 23.0 Å². The molecule has 0 unspecified atom stereocenters. The summed E-state index contributed by atoms with van der Waals surface area (Å²) in [6.07, 6.45) is 1.21. The second-order valence-electron chi connectivity index (χ2n) is 12.2. The fourth-order valence-corrected chi connectivity index (χ4v) is 8.39. The molecule has 8 heteroatoms. The van der Waals surface area contributed by atoms with Crippen molar-refractivity contribution in [3.63, 3.8) is 0 Å². The molecule has 0 fully saturated rings. The van der Waals surface area contributed by atoms with Crippen molar-refractivity contribution in [2.24, 2.45) is 0 Å². The Morgan fingerprint density at radius 2 is 0.667 bits per heavy atom. The molecule has 0 saturated carbocycles. The van der Waals surface area contributed by atoms with Crippen molar-refractivity contribution >= 4 is 96.0 Å². The number of fused-ring (bicyclic) bond motifs is 3. The van der Waals surface area contributed by atoms with E-state index < -0.39 is 0 Å². The minimum absolute atomic E-state index is 0.0465. The highest BCUT2D eigenvalue weighted by Gasteiger charge is 2.19. The van der Waals surface area contributed by atoms with Gasteiger partial charge in [0.25, 0.3) is 0 Å².